The van der Waals surface area contributed by atoms with Gasteiger partial charge in [-0.15, -0.1) is 0 Å². The van der Waals surface area contributed by atoms with Crippen LogP contribution in [0.3, 0.4) is 0 Å². The van der Waals surface area contributed by atoms with E-state index in [1.807, 2.05) is 0 Å². The summed E-state index contributed by atoms with van der Waals surface area (Å²) in [6.07, 6.45) is -0.311. The first kappa shape index (κ1) is 19.4. The van der Waals surface area contributed by atoms with Gasteiger partial charge < -0.3 is 15.3 Å². The van der Waals surface area contributed by atoms with E-state index in [2.05, 4.69) is 21.2 Å². The molecule has 1 aliphatic rings. The molecule has 6 nitrogen and oxygen atoms in total. The Morgan fingerprint density at radius 3 is 2.60 bits per heavy atom. The largest absolute Gasteiger partial charge is 0.481 e. The van der Waals surface area contributed by atoms with E-state index in [1.165, 1.54) is 17.0 Å². The second-order valence-corrected chi connectivity index (χ2v) is 7.86. The van der Waals surface area contributed by atoms with Gasteiger partial charge in [-0.25, -0.2) is 4.39 Å². The lowest BCUT2D eigenvalue weighted by molar-refractivity contribution is -0.137. The number of benzene rings is 1. The van der Waals surface area contributed by atoms with E-state index in [4.69, 9.17) is 5.11 Å². The third-order valence-electron chi connectivity index (χ3n) is 3.82. The second kappa shape index (κ2) is 7.11. The summed E-state index contributed by atoms with van der Waals surface area (Å²) < 4.78 is 14.5. The van der Waals surface area contributed by atoms with E-state index in [9.17, 15) is 18.8 Å². The van der Waals surface area contributed by atoms with E-state index < -0.39 is 35.2 Å². The van der Waals surface area contributed by atoms with Crippen LogP contribution in [0.1, 0.15) is 49.5 Å². The van der Waals surface area contributed by atoms with Crippen molar-refractivity contribution < 1.29 is 23.9 Å². The van der Waals surface area contributed by atoms with E-state index in [-0.39, 0.29) is 35.0 Å². The topological polar surface area (TPSA) is 86.7 Å². The van der Waals surface area contributed by atoms with E-state index in [1.54, 1.807) is 20.8 Å². The SMILES string of the molecule is CC(C)(C)NC(=O)C(CCC(=O)O)N1Cc2c(ccc(Br)c2F)C1=O. The smallest absolute Gasteiger partial charge is 0.303 e. The second-order valence-electron chi connectivity index (χ2n) is 7.01. The Morgan fingerprint density at radius 2 is 2.04 bits per heavy atom. The first-order valence-electron chi connectivity index (χ1n) is 7.83. The number of rotatable bonds is 5. The summed E-state index contributed by atoms with van der Waals surface area (Å²) in [4.78, 5) is 37.4. The lowest BCUT2D eigenvalue weighted by Gasteiger charge is -2.30. The standard InChI is InChI=1S/C17H20BrFN2O4/c1-17(2,3)20-15(24)12(6-7-13(22)23)21-8-10-9(16(21)25)4-5-11(18)14(10)19/h4-5,12H,6-8H2,1-3H3,(H,20,24)(H,22,23). The molecule has 136 valence electrons. The molecule has 0 fully saturated rings. The predicted octanol–water partition coefficient (Wildman–Crippen LogP) is 2.69. The Kier molecular flexibility index (Phi) is 5.51. The van der Waals surface area contributed by atoms with Gasteiger partial charge in [-0.05, 0) is 55.3 Å². The van der Waals surface area contributed by atoms with Gasteiger partial charge in [0.2, 0.25) is 5.91 Å². The molecule has 2 N–H and O–H groups in total. The number of amides is 2. The fourth-order valence-electron chi connectivity index (χ4n) is 2.74. The third-order valence-corrected chi connectivity index (χ3v) is 4.44. The van der Waals surface area contributed by atoms with Crippen LogP contribution < -0.4 is 5.32 Å². The summed E-state index contributed by atoms with van der Waals surface area (Å²) in [6, 6.07) is 1.96. The molecule has 0 saturated carbocycles. The summed E-state index contributed by atoms with van der Waals surface area (Å²) in [5.41, 5.74) is -0.129. The number of nitrogens with zero attached hydrogens (tertiary/aromatic N) is 1. The van der Waals surface area contributed by atoms with Gasteiger partial charge in [0, 0.05) is 23.1 Å². The van der Waals surface area contributed by atoms with Crippen molar-refractivity contribution in [2.75, 3.05) is 0 Å². The highest BCUT2D eigenvalue weighted by atomic mass is 79.9. The molecule has 1 atom stereocenters. The molecule has 0 bridgehead atoms. The molecule has 2 amide bonds. The maximum Gasteiger partial charge on any atom is 0.303 e. The van der Waals surface area contributed by atoms with Crippen LogP contribution in [0.25, 0.3) is 0 Å². The molecule has 25 heavy (non-hydrogen) atoms. The molecule has 1 aliphatic heterocycles. The lowest BCUT2D eigenvalue weighted by atomic mass is 10.0. The van der Waals surface area contributed by atoms with Crippen LogP contribution in [0.4, 0.5) is 4.39 Å². The van der Waals surface area contributed by atoms with Crippen LogP contribution in [0, 0.1) is 5.82 Å². The predicted molar refractivity (Wildman–Crippen MR) is 92.5 cm³/mol. The van der Waals surface area contributed by atoms with Crippen LogP contribution in [-0.4, -0.2) is 39.4 Å². The molecule has 2 rings (SSSR count). The van der Waals surface area contributed by atoms with Crippen LogP contribution in [0.15, 0.2) is 16.6 Å². The number of hydrogen-bond acceptors (Lipinski definition) is 3. The molecule has 0 radical (unpaired) electrons. The van der Waals surface area contributed by atoms with Crippen molar-refractivity contribution in [1.82, 2.24) is 10.2 Å². The highest BCUT2D eigenvalue weighted by molar-refractivity contribution is 9.10. The Labute approximate surface area is 153 Å². The van der Waals surface area contributed by atoms with Gasteiger partial charge in [-0.2, -0.15) is 0 Å². The molecule has 8 heteroatoms. The van der Waals surface area contributed by atoms with Crippen LogP contribution in [-0.2, 0) is 16.1 Å². The Balaban J connectivity index is 2.32. The molecule has 1 unspecified atom stereocenters. The van der Waals surface area contributed by atoms with Gasteiger partial charge in [0.05, 0.1) is 11.0 Å². The number of aliphatic carboxylic acids is 1. The molecule has 0 saturated heterocycles. The Morgan fingerprint density at radius 1 is 1.40 bits per heavy atom. The van der Waals surface area contributed by atoms with Crippen LogP contribution in [0.2, 0.25) is 0 Å². The molecular formula is C17H20BrFN2O4. The average molecular weight is 415 g/mol. The molecular weight excluding hydrogens is 395 g/mol. The maximum absolute atomic E-state index is 14.3. The zero-order valence-corrected chi connectivity index (χ0v) is 15.8. The van der Waals surface area contributed by atoms with E-state index in [0.29, 0.717) is 0 Å². The lowest BCUT2D eigenvalue weighted by Crippen LogP contribution is -2.52. The summed E-state index contributed by atoms with van der Waals surface area (Å²) in [5, 5.41) is 11.7. The van der Waals surface area contributed by atoms with E-state index >= 15 is 0 Å². The number of halogens is 2. The fraction of sp³-hybridized carbons (Fsp3) is 0.471. The quantitative estimate of drug-likeness (QED) is 0.775. The summed E-state index contributed by atoms with van der Waals surface area (Å²) in [5.74, 6) is -2.52. The number of carboxylic acids is 1. The van der Waals surface area contributed by atoms with Gasteiger partial charge in [-0.1, -0.05) is 0 Å². The Bertz CT molecular complexity index is 730. The van der Waals surface area contributed by atoms with Gasteiger partial charge in [0.15, 0.2) is 0 Å². The fourth-order valence-corrected chi connectivity index (χ4v) is 3.11. The average Bonchev–Trinajstić information content (AvgIpc) is 2.79. The minimum atomic E-state index is -1.06. The van der Waals surface area contributed by atoms with Crippen molar-refractivity contribution in [3.8, 4) is 0 Å². The Hall–Kier alpha value is -1.96. The summed E-state index contributed by atoms with van der Waals surface area (Å²) in [6.45, 7) is 5.30. The molecule has 1 heterocycles. The zero-order chi connectivity index (χ0) is 18.9. The van der Waals surface area contributed by atoms with Crippen molar-refractivity contribution in [3.63, 3.8) is 0 Å². The minimum absolute atomic E-state index is 0.0419. The van der Waals surface area contributed by atoms with Crippen molar-refractivity contribution in [2.45, 2.75) is 51.7 Å². The molecule has 1 aromatic rings. The van der Waals surface area contributed by atoms with Crippen molar-refractivity contribution >= 4 is 33.7 Å². The molecule has 0 aliphatic carbocycles. The monoisotopic (exact) mass is 414 g/mol. The van der Waals surface area contributed by atoms with Crippen LogP contribution >= 0.6 is 15.9 Å². The number of carbonyl (C=O) groups excluding carboxylic acids is 2. The molecule has 0 spiro atoms. The zero-order valence-electron chi connectivity index (χ0n) is 14.2. The van der Waals surface area contributed by atoms with Crippen molar-refractivity contribution in [2.24, 2.45) is 0 Å². The van der Waals surface area contributed by atoms with Gasteiger partial charge in [0.1, 0.15) is 11.9 Å². The normalized spacial score (nSPS) is 15.1. The number of hydrogen-bond donors (Lipinski definition) is 2. The van der Waals surface area contributed by atoms with Gasteiger partial charge in [0.25, 0.3) is 5.91 Å². The van der Waals surface area contributed by atoms with Crippen molar-refractivity contribution in [1.29, 1.82) is 0 Å². The number of carboxylic acid groups (broad SMARTS) is 1. The van der Waals surface area contributed by atoms with Gasteiger partial charge >= 0.3 is 5.97 Å². The van der Waals surface area contributed by atoms with Crippen LogP contribution in [0.5, 0.6) is 0 Å². The third kappa shape index (κ3) is 4.36. The van der Waals surface area contributed by atoms with Gasteiger partial charge in [-0.3, -0.25) is 14.4 Å². The molecule has 0 aromatic heterocycles. The highest BCUT2D eigenvalue weighted by Gasteiger charge is 2.39. The summed E-state index contributed by atoms with van der Waals surface area (Å²) >= 11 is 3.08. The number of carbonyl (C=O) groups is 3. The number of fused-ring (bicyclic) bond motifs is 1. The first-order chi connectivity index (χ1) is 11.5. The van der Waals surface area contributed by atoms with Crippen molar-refractivity contribution in [3.05, 3.63) is 33.5 Å². The maximum atomic E-state index is 14.3. The number of nitrogens with one attached hydrogen (secondary N) is 1. The summed E-state index contributed by atoms with van der Waals surface area (Å²) in [7, 11) is 0. The van der Waals surface area contributed by atoms with E-state index in [0.717, 1.165) is 0 Å². The minimum Gasteiger partial charge on any atom is -0.481 e. The highest BCUT2D eigenvalue weighted by Crippen LogP contribution is 2.31. The molecule has 1 aromatic carbocycles. The first-order valence-corrected chi connectivity index (χ1v) is 8.62.